The summed E-state index contributed by atoms with van der Waals surface area (Å²) >= 11 is 0. The van der Waals surface area contributed by atoms with Gasteiger partial charge in [0.05, 0.1) is 29.0 Å². The van der Waals surface area contributed by atoms with E-state index >= 15 is 0 Å². The van der Waals surface area contributed by atoms with Gasteiger partial charge in [0, 0.05) is 13.0 Å². The highest BCUT2D eigenvalue weighted by molar-refractivity contribution is 5.80. The molecule has 1 amide bonds. The van der Waals surface area contributed by atoms with Crippen LogP contribution in [0.25, 0.3) is 16.6 Å². The van der Waals surface area contributed by atoms with Gasteiger partial charge in [-0.05, 0) is 49.6 Å². The Morgan fingerprint density at radius 2 is 1.94 bits per heavy atom. The third-order valence-corrected chi connectivity index (χ3v) is 5.31. The van der Waals surface area contributed by atoms with E-state index < -0.39 is 0 Å². The molecule has 0 spiro atoms. The fourth-order valence-electron chi connectivity index (χ4n) is 3.56. The molecule has 4 rings (SSSR count). The van der Waals surface area contributed by atoms with Crippen LogP contribution in [0, 0.1) is 6.92 Å². The quantitative estimate of drug-likeness (QED) is 0.500. The summed E-state index contributed by atoms with van der Waals surface area (Å²) < 4.78 is 3.25. The van der Waals surface area contributed by atoms with Gasteiger partial charge in [0.2, 0.25) is 5.91 Å². The molecule has 1 atom stereocenters. The van der Waals surface area contributed by atoms with Gasteiger partial charge < -0.3 is 5.32 Å². The average molecular weight is 416 g/mol. The number of aryl methyl sites for hydroxylation is 2. The molecule has 2 aromatic heterocycles. The molecule has 0 radical (unpaired) electrons. The molecule has 0 aliphatic heterocycles. The predicted molar refractivity (Wildman–Crippen MR) is 118 cm³/mol. The van der Waals surface area contributed by atoms with Crippen molar-refractivity contribution in [1.29, 1.82) is 0 Å². The second-order valence-corrected chi connectivity index (χ2v) is 7.54. The Bertz CT molecular complexity index is 1250. The molecule has 0 bridgehead atoms. The zero-order chi connectivity index (χ0) is 21.8. The van der Waals surface area contributed by atoms with Crippen molar-refractivity contribution in [1.82, 2.24) is 29.6 Å². The van der Waals surface area contributed by atoms with Crippen molar-refractivity contribution in [3.63, 3.8) is 0 Å². The Hall–Kier alpha value is -3.81. The maximum absolute atomic E-state index is 12.6. The number of rotatable bonds is 7. The van der Waals surface area contributed by atoms with E-state index in [0.717, 1.165) is 22.3 Å². The second kappa shape index (κ2) is 8.91. The van der Waals surface area contributed by atoms with Gasteiger partial charge in [-0.3, -0.25) is 14.2 Å². The van der Waals surface area contributed by atoms with Gasteiger partial charge in [-0.25, -0.2) is 14.6 Å². The van der Waals surface area contributed by atoms with Crippen LogP contribution < -0.4 is 10.9 Å². The first kappa shape index (κ1) is 20.5. The summed E-state index contributed by atoms with van der Waals surface area (Å²) in [4.78, 5) is 33.4. The predicted octanol–water partition coefficient (Wildman–Crippen LogP) is 2.94. The molecule has 2 heterocycles. The number of nitrogens with one attached hydrogen (secondary N) is 1. The van der Waals surface area contributed by atoms with Crippen LogP contribution in [-0.4, -0.2) is 30.2 Å². The number of amides is 1. The summed E-state index contributed by atoms with van der Waals surface area (Å²) in [5, 5.41) is 7.72. The van der Waals surface area contributed by atoms with Gasteiger partial charge in [-0.15, -0.1) is 0 Å². The summed E-state index contributed by atoms with van der Waals surface area (Å²) in [7, 11) is 0. The molecular weight excluding hydrogens is 392 g/mol. The second-order valence-electron chi connectivity index (χ2n) is 7.54. The van der Waals surface area contributed by atoms with E-state index in [1.54, 1.807) is 28.0 Å². The maximum atomic E-state index is 12.6. The van der Waals surface area contributed by atoms with Crippen LogP contribution in [0.5, 0.6) is 0 Å². The van der Waals surface area contributed by atoms with Crippen molar-refractivity contribution in [2.24, 2.45) is 0 Å². The number of hydrogen-bond acceptors (Lipinski definition) is 5. The zero-order valence-corrected chi connectivity index (χ0v) is 17.5. The highest BCUT2D eigenvalue weighted by Gasteiger charge is 2.11. The minimum Gasteiger partial charge on any atom is -0.350 e. The van der Waals surface area contributed by atoms with Crippen LogP contribution in [0.1, 0.15) is 36.9 Å². The van der Waals surface area contributed by atoms with E-state index in [9.17, 15) is 9.59 Å². The highest BCUT2D eigenvalue weighted by atomic mass is 16.1. The van der Waals surface area contributed by atoms with Crippen LogP contribution in [0.4, 0.5) is 0 Å². The Kier molecular flexibility index (Phi) is 5.88. The van der Waals surface area contributed by atoms with E-state index in [1.165, 1.54) is 6.33 Å². The van der Waals surface area contributed by atoms with E-state index in [-0.39, 0.29) is 17.5 Å². The highest BCUT2D eigenvalue weighted by Crippen LogP contribution is 2.16. The van der Waals surface area contributed by atoms with Crippen LogP contribution in [0.3, 0.4) is 0 Å². The van der Waals surface area contributed by atoms with E-state index in [1.807, 2.05) is 50.2 Å². The summed E-state index contributed by atoms with van der Waals surface area (Å²) in [5.41, 5.74) is 3.54. The van der Waals surface area contributed by atoms with Crippen molar-refractivity contribution in [3.05, 3.63) is 82.9 Å². The summed E-state index contributed by atoms with van der Waals surface area (Å²) in [6, 6.07) is 13.3. The molecule has 0 saturated carbocycles. The third kappa shape index (κ3) is 4.53. The van der Waals surface area contributed by atoms with Gasteiger partial charge in [-0.2, -0.15) is 5.10 Å². The van der Waals surface area contributed by atoms with E-state index in [0.29, 0.717) is 24.8 Å². The smallest absolute Gasteiger partial charge is 0.261 e. The van der Waals surface area contributed by atoms with E-state index in [4.69, 9.17) is 0 Å². The molecular formula is C23H24N6O2. The number of carbonyl (C=O) groups excluding carboxylic acids is 1. The lowest BCUT2D eigenvalue weighted by Crippen LogP contribution is -2.27. The van der Waals surface area contributed by atoms with Gasteiger partial charge >= 0.3 is 0 Å². The topological polar surface area (TPSA) is 94.7 Å². The third-order valence-electron chi connectivity index (χ3n) is 5.31. The van der Waals surface area contributed by atoms with Gasteiger partial charge in [0.15, 0.2) is 0 Å². The minimum atomic E-state index is -0.120. The molecule has 31 heavy (non-hydrogen) atoms. The maximum Gasteiger partial charge on any atom is 0.261 e. The van der Waals surface area contributed by atoms with Crippen LogP contribution >= 0.6 is 0 Å². The molecule has 0 unspecified atom stereocenters. The van der Waals surface area contributed by atoms with Gasteiger partial charge in [-0.1, -0.05) is 24.3 Å². The van der Waals surface area contributed by atoms with Crippen LogP contribution in [-0.2, 0) is 11.3 Å². The monoisotopic (exact) mass is 416 g/mol. The number of fused-ring (bicyclic) bond motifs is 1. The normalized spacial score (nSPS) is 12.1. The number of para-hydroxylation sites is 1. The summed E-state index contributed by atoms with van der Waals surface area (Å²) in [6.45, 7) is 4.33. The Morgan fingerprint density at radius 1 is 1.13 bits per heavy atom. The lowest BCUT2D eigenvalue weighted by Gasteiger charge is -2.15. The molecule has 0 aliphatic carbocycles. The molecule has 2 aromatic carbocycles. The Morgan fingerprint density at radius 3 is 2.68 bits per heavy atom. The number of benzene rings is 2. The molecule has 8 heteroatoms. The van der Waals surface area contributed by atoms with Crippen molar-refractivity contribution in [2.75, 3.05) is 0 Å². The lowest BCUT2D eigenvalue weighted by molar-refractivity contribution is -0.121. The first-order chi connectivity index (χ1) is 15.0. The Labute approximate surface area is 179 Å². The fraction of sp³-hybridized carbons (Fsp3) is 0.261. The largest absolute Gasteiger partial charge is 0.350 e. The van der Waals surface area contributed by atoms with Gasteiger partial charge in [0.25, 0.3) is 5.56 Å². The van der Waals surface area contributed by atoms with Crippen molar-refractivity contribution in [2.45, 2.75) is 39.3 Å². The van der Waals surface area contributed by atoms with Crippen molar-refractivity contribution >= 4 is 16.8 Å². The molecule has 4 aromatic rings. The number of hydrogen-bond donors (Lipinski definition) is 1. The fourth-order valence-corrected chi connectivity index (χ4v) is 3.56. The van der Waals surface area contributed by atoms with Gasteiger partial charge in [0.1, 0.15) is 12.7 Å². The van der Waals surface area contributed by atoms with E-state index in [2.05, 4.69) is 20.4 Å². The number of carbonyl (C=O) groups is 1. The molecule has 8 nitrogen and oxygen atoms in total. The molecule has 1 N–H and O–H groups in total. The molecule has 0 aliphatic rings. The summed E-state index contributed by atoms with van der Waals surface area (Å²) in [6.07, 6.45) is 5.58. The molecule has 0 saturated heterocycles. The zero-order valence-electron chi connectivity index (χ0n) is 17.5. The van der Waals surface area contributed by atoms with Crippen LogP contribution in [0.15, 0.2) is 66.2 Å². The average Bonchev–Trinajstić information content (AvgIpc) is 3.31. The SMILES string of the molecule is Cc1cccc2c(=O)n(CCCC(=O)N[C@@H](C)c3ccc(-n4cncn4)cc3)cnc12. The van der Waals surface area contributed by atoms with Crippen LogP contribution in [0.2, 0.25) is 0 Å². The Balaban J connectivity index is 1.32. The first-order valence-corrected chi connectivity index (χ1v) is 10.2. The first-order valence-electron chi connectivity index (χ1n) is 10.2. The number of aromatic nitrogens is 5. The minimum absolute atomic E-state index is 0.0505. The lowest BCUT2D eigenvalue weighted by atomic mass is 10.1. The standard InChI is InChI=1S/C23H24N6O2/c1-16-5-3-6-20-22(16)25-15-28(23(20)31)12-4-7-21(30)27-17(2)18-8-10-19(11-9-18)29-14-24-13-26-29/h3,5-6,8-11,13-15,17H,4,7,12H2,1-2H3,(H,27,30)/t17-/m0/s1. The molecule has 158 valence electrons. The van der Waals surface area contributed by atoms with Crippen molar-refractivity contribution < 1.29 is 4.79 Å². The van der Waals surface area contributed by atoms with Crippen molar-refractivity contribution in [3.8, 4) is 5.69 Å². The molecule has 0 fully saturated rings. The number of nitrogens with zero attached hydrogens (tertiary/aromatic N) is 5. The summed E-state index contributed by atoms with van der Waals surface area (Å²) in [5.74, 6) is -0.0505.